The Morgan fingerprint density at radius 2 is 1.60 bits per heavy atom. The summed E-state index contributed by atoms with van der Waals surface area (Å²) in [4.78, 5) is 29.8. The Bertz CT molecular complexity index is 1560. The number of carbonyl (C=O) groups excluding carboxylic acids is 1. The van der Waals surface area contributed by atoms with Crippen LogP contribution in [0, 0.1) is 16.7 Å². The second-order valence-corrected chi connectivity index (χ2v) is 16.8. The maximum atomic E-state index is 12.8. The first kappa shape index (κ1) is 32.5. The van der Waals surface area contributed by atoms with Gasteiger partial charge in [-0.2, -0.15) is 4.98 Å². The van der Waals surface area contributed by atoms with Gasteiger partial charge in [0.25, 0.3) is 0 Å². The van der Waals surface area contributed by atoms with Gasteiger partial charge in [-0.05, 0) is 73.6 Å². The van der Waals surface area contributed by atoms with E-state index in [1.165, 1.54) is 13.4 Å². The summed E-state index contributed by atoms with van der Waals surface area (Å²) < 4.78 is 23.6. The van der Waals surface area contributed by atoms with Crippen LogP contribution < -0.4 is 25.6 Å². The fourth-order valence-electron chi connectivity index (χ4n) is 7.02. The van der Waals surface area contributed by atoms with Crippen molar-refractivity contribution in [1.29, 1.82) is 0 Å². The molecule has 0 saturated carbocycles. The molecule has 2 aliphatic rings. The Morgan fingerprint density at radius 1 is 0.956 bits per heavy atom. The summed E-state index contributed by atoms with van der Waals surface area (Å²) in [6.45, 7) is 13.7. The average molecular weight is 636 g/mol. The number of piperidine rings is 2. The summed E-state index contributed by atoms with van der Waals surface area (Å²) in [5, 5.41) is 7.20. The van der Waals surface area contributed by atoms with Crippen LogP contribution in [0.15, 0.2) is 48.8 Å². The molecular weight excluding hydrogens is 589 g/mol. The summed E-state index contributed by atoms with van der Waals surface area (Å²) in [5.41, 5.74) is 2.82. The molecule has 11 nitrogen and oxygen atoms in total. The zero-order chi connectivity index (χ0) is 32.4. The maximum Gasteiger partial charge on any atom is 0.409 e. The minimum Gasteiger partial charge on any atom is -0.494 e. The van der Waals surface area contributed by atoms with Crippen LogP contribution in [0.3, 0.4) is 0 Å². The van der Waals surface area contributed by atoms with E-state index >= 15 is 0 Å². The lowest BCUT2D eigenvalue weighted by molar-refractivity contribution is -0.0393. The van der Waals surface area contributed by atoms with Gasteiger partial charge in [0.2, 0.25) is 11.9 Å². The molecule has 1 amide bonds. The smallest absolute Gasteiger partial charge is 0.409 e. The fraction of sp³-hybridized carbons (Fsp3) is 0.515. The highest BCUT2D eigenvalue weighted by atomic mass is 31.2. The van der Waals surface area contributed by atoms with Gasteiger partial charge in [0.05, 0.1) is 25.6 Å². The second kappa shape index (κ2) is 12.9. The number of benzene rings is 2. The van der Waals surface area contributed by atoms with Gasteiger partial charge in [0, 0.05) is 43.2 Å². The van der Waals surface area contributed by atoms with E-state index < -0.39 is 7.14 Å². The molecule has 5 rings (SSSR count). The van der Waals surface area contributed by atoms with Crippen LogP contribution in [0.4, 0.5) is 33.8 Å². The van der Waals surface area contributed by atoms with Crippen LogP contribution in [-0.4, -0.2) is 79.7 Å². The van der Waals surface area contributed by atoms with Gasteiger partial charge in [0.1, 0.15) is 19.2 Å². The van der Waals surface area contributed by atoms with Crippen molar-refractivity contribution in [3.05, 3.63) is 48.8 Å². The van der Waals surface area contributed by atoms with E-state index in [9.17, 15) is 9.36 Å². The minimum absolute atomic E-state index is 0.0766. The third-order valence-electron chi connectivity index (χ3n) is 9.36. The molecule has 2 saturated heterocycles. The summed E-state index contributed by atoms with van der Waals surface area (Å²) in [7, 11) is 0.616. The van der Waals surface area contributed by atoms with Crippen molar-refractivity contribution in [1.82, 2.24) is 19.9 Å². The van der Waals surface area contributed by atoms with Gasteiger partial charge in [-0.25, -0.2) is 14.8 Å². The van der Waals surface area contributed by atoms with E-state index in [0.29, 0.717) is 29.3 Å². The van der Waals surface area contributed by atoms with Gasteiger partial charge in [-0.1, -0.05) is 32.9 Å². The number of methoxy groups -OCH3 is 2. The Kier molecular flexibility index (Phi) is 9.31. The molecule has 12 heteroatoms. The molecule has 1 unspecified atom stereocenters. The molecule has 1 aromatic heterocycles. The van der Waals surface area contributed by atoms with Crippen LogP contribution in [0.1, 0.15) is 40.0 Å². The molecule has 3 heterocycles. The average Bonchev–Trinajstić information content (AvgIpc) is 3.01. The number of hydrogen-bond acceptors (Lipinski definition) is 10. The van der Waals surface area contributed by atoms with Crippen LogP contribution in [0.5, 0.6) is 5.75 Å². The summed E-state index contributed by atoms with van der Waals surface area (Å²) in [6.07, 6.45) is 4.34. The minimum atomic E-state index is -2.50. The molecule has 2 fully saturated rings. The lowest BCUT2D eigenvalue weighted by Gasteiger charge is -2.56. The van der Waals surface area contributed by atoms with Gasteiger partial charge < -0.3 is 34.5 Å². The number of amides is 1. The van der Waals surface area contributed by atoms with E-state index in [1.54, 1.807) is 20.4 Å². The highest BCUT2D eigenvalue weighted by Gasteiger charge is 2.50. The lowest BCUT2D eigenvalue weighted by Crippen LogP contribution is -2.57. The van der Waals surface area contributed by atoms with Crippen LogP contribution in [-0.2, 0) is 9.30 Å². The summed E-state index contributed by atoms with van der Waals surface area (Å²) in [6, 6.07) is 13.6. The number of carbonyl (C=O) groups is 1. The number of ether oxygens (including phenoxy) is 2. The molecule has 45 heavy (non-hydrogen) atoms. The largest absolute Gasteiger partial charge is 0.494 e. The Labute approximate surface area is 266 Å². The highest BCUT2D eigenvalue weighted by Crippen LogP contribution is 2.52. The third-order valence-corrected chi connectivity index (χ3v) is 10.9. The van der Waals surface area contributed by atoms with Crippen molar-refractivity contribution in [2.75, 3.05) is 69.3 Å². The van der Waals surface area contributed by atoms with Crippen molar-refractivity contribution in [2.24, 2.45) is 16.7 Å². The fourth-order valence-corrected chi connectivity index (χ4v) is 8.18. The van der Waals surface area contributed by atoms with Gasteiger partial charge >= 0.3 is 6.09 Å². The Balaban J connectivity index is 1.28. The number of hydrogen-bond donors (Lipinski definition) is 2. The monoisotopic (exact) mass is 635 g/mol. The van der Waals surface area contributed by atoms with Gasteiger partial charge in [0.15, 0.2) is 0 Å². The molecule has 1 spiro atoms. The maximum absolute atomic E-state index is 12.8. The molecule has 1 atom stereocenters. The molecule has 2 aromatic carbocycles. The van der Waals surface area contributed by atoms with Crippen molar-refractivity contribution in [3.8, 4) is 5.75 Å². The standard InChI is InChI=1S/C33H46N7O4P/c1-32(2,3)28-21-40(31(41)44-5)19-16-33(28)14-17-39(18-15-33)23-12-13-24(26(20-23)43-4)36-29-34-22-35-30(38-29)37-25-10-8-9-11-27(25)45(6,7)42/h8-13,20,22,28H,14-19,21H2,1-7H3,(H2,34,35,36,37,38). The molecule has 0 bridgehead atoms. The molecule has 0 aliphatic carbocycles. The van der Waals surface area contributed by atoms with E-state index in [2.05, 4.69) is 63.4 Å². The number of para-hydroxylation sites is 1. The van der Waals surface area contributed by atoms with Crippen molar-refractivity contribution in [3.63, 3.8) is 0 Å². The first-order valence-electron chi connectivity index (χ1n) is 15.5. The third kappa shape index (κ3) is 7.19. The first-order chi connectivity index (χ1) is 21.3. The van der Waals surface area contributed by atoms with Crippen LogP contribution in [0.2, 0.25) is 0 Å². The van der Waals surface area contributed by atoms with E-state index in [0.717, 1.165) is 62.1 Å². The van der Waals surface area contributed by atoms with Crippen molar-refractivity contribution in [2.45, 2.75) is 40.0 Å². The summed E-state index contributed by atoms with van der Waals surface area (Å²) >= 11 is 0. The van der Waals surface area contributed by atoms with E-state index in [4.69, 9.17) is 9.47 Å². The number of rotatable bonds is 7. The SMILES string of the molecule is COC(=O)N1CCC2(CCN(c3ccc(Nc4ncnc(Nc5ccccc5P(C)(C)=O)n4)c(OC)c3)CC2)C(C(C)(C)C)C1. The lowest BCUT2D eigenvalue weighted by atomic mass is 9.57. The van der Waals surface area contributed by atoms with Gasteiger partial charge in [-0.3, -0.25) is 0 Å². The van der Waals surface area contributed by atoms with Crippen molar-refractivity contribution < 1.29 is 18.8 Å². The second-order valence-electron chi connectivity index (χ2n) is 13.6. The van der Waals surface area contributed by atoms with E-state index in [1.807, 2.05) is 35.2 Å². The zero-order valence-corrected chi connectivity index (χ0v) is 28.4. The summed E-state index contributed by atoms with van der Waals surface area (Å²) in [5.74, 6) is 1.78. The number of nitrogens with one attached hydrogen (secondary N) is 2. The number of anilines is 5. The predicted molar refractivity (Wildman–Crippen MR) is 180 cm³/mol. The highest BCUT2D eigenvalue weighted by molar-refractivity contribution is 7.70. The number of nitrogens with zero attached hydrogens (tertiary/aromatic N) is 5. The van der Waals surface area contributed by atoms with Gasteiger partial charge in [-0.15, -0.1) is 0 Å². The molecule has 242 valence electrons. The number of aromatic nitrogens is 3. The van der Waals surface area contributed by atoms with E-state index in [-0.39, 0.29) is 16.9 Å². The Morgan fingerprint density at radius 3 is 2.22 bits per heavy atom. The normalized spacial score (nSPS) is 18.4. The molecule has 3 aromatic rings. The number of likely N-dealkylation sites (tertiary alicyclic amines) is 1. The Hall–Kier alpha value is -3.85. The van der Waals surface area contributed by atoms with Crippen molar-refractivity contribution >= 4 is 47.5 Å². The predicted octanol–water partition coefficient (Wildman–Crippen LogP) is 6.34. The molecular formula is C33H46N7O4P. The molecule has 0 radical (unpaired) electrons. The molecule has 2 aliphatic heterocycles. The quantitative estimate of drug-likeness (QED) is 0.285. The van der Waals surface area contributed by atoms with Crippen LogP contribution >= 0.6 is 7.14 Å². The zero-order valence-electron chi connectivity index (χ0n) is 27.5. The van der Waals surface area contributed by atoms with Crippen LogP contribution in [0.25, 0.3) is 0 Å². The first-order valence-corrected chi connectivity index (χ1v) is 18.1. The topological polar surface area (TPSA) is 122 Å². The molecule has 2 N–H and O–H groups in total.